The number of rotatable bonds is 5. The standard InChI is InChI=1S/C21H24N2O3S2/c1-3-15-4-8-17(9-5-15)22-28(25,26)18-10-11-20-19(12-18)23(13-14(2)27-20)21(24)16-6-7-16/h4-5,8-12,14,16,22H,3,6-7,13H2,1-2H3/t14-/m1/s1. The van der Waals surface area contributed by atoms with Gasteiger partial charge in [0, 0.05) is 28.3 Å². The summed E-state index contributed by atoms with van der Waals surface area (Å²) in [6.07, 6.45) is 2.76. The average molecular weight is 417 g/mol. The predicted molar refractivity (Wildman–Crippen MR) is 113 cm³/mol. The van der Waals surface area contributed by atoms with Crippen LogP contribution in [0.4, 0.5) is 11.4 Å². The first-order chi connectivity index (χ1) is 13.4. The molecule has 1 N–H and O–H groups in total. The highest BCUT2D eigenvalue weighted by molar-refractivity contribution is 8.00. The average Bonchev–Trinajstić information content (AvgIpc) is 3.52. The fraction of sp³-hybridized carbons (Fsp3) is 0.381. The number of aryl methyl sites for hydroxylation is 1. The third-order valence-corrected chi connectivity index (χ3v) is 7.64. The molecule has 2 aromatic rings. The van der Waals surface area contributed by atoms with Gasteiger partial charge in [0.05, 0.1) is 10.6 Å². The van der Waals surface area contributed by atoms with E-state index in [4.69, 9.17) is 0 Å². The fourth-order valence-corrected chi connectivity index (χ4v) is 5.54. The molecule has 1 aliphatic carbocycles. The molecule has 7 heteroatoms. The van der Waals surface area contributed by atoms with Crippen molar-refractivity contribution >= 4 is 39.1 Å². The topological polar surface area (TPSA) is 66.5 Å². The highest BCUT2D eigenvalue weighted by Crippen LogP contribution is 2.42. The monoisotopic (exact) mass is 416 g/mol. The molecule has 1 aliphatic heterocycles. The number of hydrogen-bond donors (Lipinski definition) is 1. The molecule has 5 nitrogen and oxygen atoms in total. The van der Waals surface area contributed by atoms with Gasteiger partial charge in [0.2, 0.25) is 5.91 Å². The summed E-state index contributed by atoms with van der Waals surface area (Å²) in [7, 11) is -3.73. The molecule has 2 aliphatic rings. The van der Waals surface area contributed by atoms with Gasteiger partial charge >= 0.3 is 0 Å². The maximum absolute atomic E-state index is 12.9. The summed E-state index contributed by atoms with van der Waals surface area (Å²) in [5.41, 5.74) is 2.39. The van der Waals surface area contributed by atoms with Crippen LogP contribution in [-0.2, 0) is 21.2 Å². The van der Waals surface area contributed by atoms with Gasteiger partial charge in [-0.15, -0.1) is 11.8 Å². The zero-order valence-electron chi connectivity index (χ0n) is 16.0. The van der Waals surface area contributed by atoms with Crippen LogP contribution in [0.25, 0.3) is 0 Å². The van der Waals surface area contributed by atoms with Gasteiger partial charge in [0.15, 0.2) is 0 Å². The van der Waals surface area contributed by atoms with Crippen molar-refractivity contribution in [3.05, 3.63) is 48.0 Å². The van der Waals surface area contributed by atoms with Crippen molar-refractivity contribution in [1.82, 2.24) is 0 Å². The minimum atomic E-state index is -3.73. The number of carbonyl (C=O) groups is 1. The van der Waals surface area contributed by atoms with Crippen LogP contribution in [0.15, 0.2) is 52.3 Å². The molecule has 0 spiro atoms. The molecule has 1 saturated carbocycles. The highest BCUT2D eigenvalue weighted by Gasteiger charge is 2.37. The fourth-order valence-electron chi connectivity index (χ4n) is 3.37. The molecule has 4 rings (SSSR count). The van der Waals surface area contributed by atoms with E-state index in [-0.39, 0.29) is 22.0 Å². The molecule has 1 atom stereocenters. The number of nitrogens with one attached hydrogen (secondary N) is 1. The Morgan fingerprint density at radius 3 is 2.54 bits per heavy atom. The SMILES string of the molecule is CCc1ccc(NS(=O)(=O)c2ccc3c(c2)N(C(=O)C2CC2)C[C@@H](C)S3)cc1. The van der Waals surface area contributed by atoms with E-state index in [0.29, 0.717) is 17.9 Å². The minimum absolute atomic E-state index is 0.0959. The van der Waals surface area contributed by atoms with E-state index >= 15 is 0 Å². The molecule has 1 amide bonds. The molecule has 148 valence electrons. The normalized spacial score (nSPS) is 19.2. The Kier molecular flexibility index (Phi) is 5.14. The van der Waals surface area contributed by atoms with Gasteiger partial charge in [-0.05, 0) is 55.2 Å². The Hall–Kier alpha value is -1.99. The quantitative estimate of drug-likeness (QED) is 0.790. The maximum atomic E-state index is 12.9. The van der Waals surface area contributed by atoms with E-state index < -0.39 is 10.0 Å². The van der Waals surface area contributed by atoms with E-state index in [2.05, 4.69) is 18.6 Å². The van der Waals surface area contributed by atoms with Gasteiger partial charge < -0.3 is 4.90 Å². The van der Waals surface area contributed by atoms with Crippen LogP contribution in [0.3, 0.4) is 0 Å². The lowest BCUT2D eigenvalue weighted by Crippen LogP contribution is -2.39. The summed E-state index contributed by atoms with van der Waals surface area (Å²) in [5.74, 6) is 0.213. The Morgan fingerprint density at radius 2 is 1.89 bits per heavy atom. The van der Waals surface area contributed by atoms with Gasteiger partial charge in [-0.25, -0.2) is 8.42 Å². The largest absolute Gasteiger partial charge is 0.310 e. The predicted octanol–water partition coefficient (Wildman–Crippen LogP) is 4.29. The Bertz CT molecular complexity index is 999. The van der Waals surface area contributed by atoms with Crippen molar-refractivity contribution in [3.8, 4) is 0 Å². The van der Waals surface area contributed by atoms with Crippen LogP contribution in [0.1, 0.15) is 32.3 Å². The molecule has 0 bridgehead atoms. The van der Waals surface area contributed by atoms with E-state index in [0.717, 1.165) is 29.7 Å². The number of benzene rings is 2. The van der Waals surface area contributed by atoms with Crippen LogP contribution in [0, 0.1) is 5.92 Å². The zero-order chi connectivity index (χ0) is 19.9. The van der Waals surface area contributed by atoms with Gasteiger partial charge in [0.1, 0.15) is 0 Å². The Morgan fingerprint density at radius 1 is 1.18 bits per heavy atom. The maximum Gasteiger partial charge on any atom is 0.261 e. The van der Waals surface area contributed by atoms with Crippen LogP contribution >= 0.6 is 11.8 Å². The summed E-state index contributed by atoms with van der Waals surface area (Å²) in [6.45, 7) is 4.76. The van der Waals surface area contributed by atoms with E-state index in [1.54, 1.807) is 40.9 Å². The van der Waals surface area contributed by atoms with Gasteiger partial charge in [-0.1, -0.05) is 26.0 Å². The second-order valence-corrected chi connectivity index (χ2v) is 10.6. The van der Waals surface area contributed by atoms with E-state index in [9.17, 15) is 13.2 Å². The number of nitrogens with zero attached hydrogens (tertiary/aromatic N) is 1. The van der Waals surface area contributed by atoms with Crippen molar-refractivity contribution in [3.63, 3.8) is 0 Å². The number of anilines is 2. The molecular formula is C21H24N2O3S2. The molecule has 0 aromatic heterocycles. The van der Waals surface area contributed by atoms with Crippen LogP contribution < -0.4 is 9.62 Å². The first kappa shape index (κ1) is 19.3. The Labute approximate surface area is 170 Å². The van der Waals surface area contributed by atoms with Crippen molar-refractivity contribution in [1.29, 1.82) is 0 Å². The van der Waals surface area contributed by atoms with Gasteiger partial charge in [-0.2, -0.15) is 0 Å². The zero-order valence-corrected chi connectivity index (χ0v) is 17.6. The second-order valence-electron chi connectivity index (χ2n) is 7.44. The third kappa shape index (κ3) is 3.91. The van der Waals surface area contributed by atoms with Crippen molar-refractivity contribution in [2.24, 2.45) is 5.92 Å². The molecule has 1 heterocycles. The Balaban J connectivity index is 1.64. The summed E-state index contributed by atoms with van der Waals surface area (Å²) in [5, 5.41) is 0.285. The molecule has 28 heavy (non-hydrogen) atoms. The van der Waals surface area contributed by atoms with Crippen LogP contribution in [0.5, 0.6) is 0 Å². The lowest BCUT2D eigenvalue weighted by molar-refractivity contribution is -0.119. The number of sulfonamides is 1. The van der Waals surface area contributed by atoms with Gasteiger partial charge in [-0.3, -0.25) is 9.52 Å². The summed E-state index contributed by atoms with van der Waals surface area (Å²) in [4.78, 5) is 15.6. The first-order valence-corrected chi connectivity index (χ1v) is 12.0. The molecule has 1 fully saturated rings. The molecule has 0 radical (unpaired) electrons. The van der Waals surface area contributed by atoms with Crippen LogP contribution in [-0.4, -0.2) is 26.1 Å². The molecule has 0 unspecified atom stereocenters. The van der Waals surface area contributed by atoms with Gasteiger partial charge in [0.25, 0.3) is 10.0 Å². The number of hydrogen-bond acceptors (Lipinski definition) is 4. The van der Waals surface area contributed by atoms with Crippen molar-refractivity contribution < 1.29 is 13.2 Å². The molecule has 0 saturated heterocycles. The lowest BCUT2D eigenvalue weighted by Gasteiger charge is -2.33. The second kappa shape index (κ2) is 7.44. The minimum Gasteiger partial charge on any atom is -0.310 e. The highest BCUT2D eigenvalue weighted by atomic mass is 32.2. The lowest BCUT2D eigenvalue weighted by atomic mass is 10.2. The van der Waals surface area contributed by atoms with E-state index in [1.807, 2.05) is 18.2 Å². The smallest absolute Gasteiger partial charge is 0.261 e. The summed E-state index contributed by atoms with van der Waals surface area (Å²) < 4.78 is 28.5. The van der Waals surface area contributed by atoms with Crippen LogP contribution in [0.2, 0.25) is 0 Å². The molecule has 2 aromatic carbocycles. The number of carbonyl (C=O) groups excluding carboxylic acids is 1. The number of amides is 1. The summed E-state index contributed by atoms with van der Waals surface area (Å²) >= 11 is 1.68. The first-order valence-electron chi connectivity index (χ1n) is 9.61. The van der Waals surface area contributed by atoms with E-state index in [1.165, 1.54) is 0 Å². The number of thioether (sulfide) groups is 1. The summed E-state index contributed by atoms with van der Waals surface area (Å²) in [6, 6.07) is 12.4. The number of fused-ring (bicyclic) bond motifs is 1. The third-order valence-electron chi connectivity index (χ3n) is 5.11. The molecular weight excluding hydrogens is 392 g/mol. The van der Waals surface area contributed by atoms with Crippen molar-refractivity contribution in [2.45, 2.75) is 48.2 Å². The van der Waals surface area contributed by atoms with Crippen molar-refractivity contribution in [2.75, 3.05) is 16.2 Å².